The SMILES string of the molecule is CC1OCCC1C(=O)Nc1ccc(Cl)c(C(=O)O)c1. The van der Waals surface area contributed by atoms with Gasteiger partial charge in [0.05, 0.1) is 22.6 Å². The Morgan fingerprint density at radius 1 is 1.47 bits per heavy atom. The summed E-state index contributed by atoms with van der Waals surface area (Å²) in [7, 11) is 0. The molecule has 1 saturated heterocycles. The maximum absolute atomic E-state index is 12.0. The van der Waals surface area contributed by atoms with Gasteiger partial charge in [-0.2, -0.15) is 0 Å². The van der Waals surface area contributed by atoms with Crippen LogP contribution in [0.2, 0.25) is 5.02 Å². The minimum Gasteiger partial charge on any atom is -0.478 e. The first-order valence-electron chi connectivity index (χ1n) is 5.94. The summed E-state index contributed by atoms with van der Waals surface area (Å²) in [6, 6.07) is 4.38. The standard InChI is InChI=1S/C13H14ClNO4/c1-7-9(4-5-19-7)12(16)15-8-2-3-11(14)10(6-8)13(17)18/h2-3,6-7,9H,4-5H2,1H3,(H,15,16)(H,17,18). The lowest BCUT2D eigenvalue weighted by Gasteiger charge is -2.14. The number of carbonyl (C=O) groups is 2. The van der Waals surface area contributed by atoms with Crippen molar-refractivity contribution in [1.29, 1.82) is 0 Å². The summed E-state index contributed by atoms with van der Waals surface area (Å²) >= 11 is 5.76. The van der Waals surface area contributed by atoms with E-state index in [-0.39, 0.29) is 28.5 Å². The van der Waals surface area contributed by atoms with Crippen LogP contribution in [-0.2, 0) is 9.53 Å². The average molecular weight is 284 g/mol. The molecule has 5 nitrogen and oxygen atoms in total. The fourth-order valence-electron chi connectivity index (χ4n) is 2.08. The first-order valence-corrected chi connectivity index (χ1v) is 6.32. The van der Waals surface area contributed by atoms with E-state index >= 15 is 0 Å². The third-order valence-electron chi connectivity index (χ3n) is 3.18. The van der Waals surface area contributed by atoms with E-state index in [0.717, 1.165) is 0 Å². The van der Waals surface area contributed by atoms with Crippen molar-refractivity contribution >= 4 is 29.2 Å². The quantitative estimate of drug-likeness (QED) is 0.893. The highest BCUT2D eigenvalue weighted by atomic mass is 35.5. The van der Waals surface area contributed by atoms with E-state index in [4.69, 9.17) is 21.4 Å². The summed E-state index contributed by atoms with van der Waals surface area (Å²) in [6.45, 7) is 2.42. The zero-order chi connectivity index (χ0) is 14.0. The van der Waals surface area contributed by atoms with Crippen LogP contribution in [-0.4, -0.2) is 29.7 Å². The summed E-state index contributed by atoms with van der Waals surface area (Å²) in [4.78, 5) is 23.0. The summed E-state index contributed by atoms with van der Waals surface area (Å²) in [5.74, 6) is -1.49. The van der Waals surface area contributed by atoms with Crippen molar-refractivity contribution in [3.8, 4) is 0 Å². The van der Waals surface area contributed by atoms with Crippen LogP contribution < -0.4 is 5.32 Å². The summed E-state index contributed by atoms with van der Waals surface area (Å²) < 4.78 is 5.33. The molecule has 102 valence electrons. The van der Waals surface area contributed by atoms with Crippen LogP contribution in [0.5, 0.6) is 0 Å². The number of benzene rings is 1. The van der Waals surface area contributed by atoms with Crippen LogP contribution in [0.15, 0.2) is 18.2 Å². The Balaban J connectivity index is 2.13. The molecular formula is C13H14ClNO4. The van der Waals surface area contributed by atoms with Crippen LogP contribution in [0, 0.1) is 5.92 Å². The van der Waals surface area contributed by atoms with Gasteiger partial charge in [0.2, 0.25) is 5.91 Å². The second-order valence-electron chi connectivity index (χ2n) is 4.46. The Hall–Kier alpha value is -1.59. The number of amides is 1. The predicted molar refractivity (Wildman–Crippen MR) is 70.6 cm³/mol. The van der Waals surface area contributed by atoms with E-state index in [1.807, 2.05) is 6.92 Å². The number of halogens is 1. The normalized spacial score (nSPS) is 22.2. The molecule has 1 amide bonds. The molecule has 1 aliphatic rings. The Kier molecular flexibility index (Phi) is 4.07. The maximum Gasteiger partial charge on any atom is 0.337 e. The zero-order valence-corrected chi connectivity index (χ0v) is 11.1. The number of aromatic carboxylic acids is 1. The van der Waals surface area contributed by atoms with Crippen molar-refractivity contribution in [2.24, 2.45) is 5.92 Å². The molecule has 19 heavy (non-hydrogen) atoms. The van der Waals surface area contributed by atoms with Crippen LogP contribution in [0.3, 0.4) is 0 Å². The maximum atomic E-state index is 12.0. The van der Waals surface area contributed by atoms with Gasteiger partial charge >= 0.3 is 5.97 Å². The molecule has 6 heteroatoms. The Labute approximate surface area is 115 Å². The van der Waals surface area contributed by atoms with Crippen molar-refractivity contribution in [3.05, 3.63) is 28.8 Å². The first-order chi connectivity index (χ1) is 8.99. The summed E-state index contributed by atoms with van der Waals surface area (Å²) in [6.07, 6.45) is 0.554. The summed E-state index contributed by atoms with van der Waals surface area (Å²) in [5, 5.41) is 11.8. The highest BCUT2D eigenvalue weighted by molar-refractivity contribution is 6.33. The monoisotopic (exact) mass is 283 g/mol. The minimum absolute atomic E-state index is 0.0322. The molecule has 1 aliphatic heterocycles. The lowest BCUT2D eigenvalue weighted by molar-refractivity contribution is -0.121. The van der Waals surface area contributed by atoms with E-state index in [9.17, 15) is 9.59 Å². The van der Waals surface area contributed by atoms with Gasteiger partial charge in [-0.15, -0.1) is 0 Å². The Morgan fingerprint density at radius 3 is 2.79 bits per heavy atom. The van der Waals surface area contributed by atoms with Gasteiger partial charge in [0.1, 0.15) is 0 Å². The molecule has 0 bridgehead atoms. The Bertz CT molecular complexity index is 517. The van der Waals surface area contributed by atoms with Gasteiger partial charge in [-0.05, 0) is 31.5 Å². The zero-order valence-electron chi connectivity index (χ0n) is 10.4. The van der Waals surface area contributed by atoms with Crippen molar-refractivity contribution in [2.75, 3.05) is 11.9 Å². The van der Waals surface area contributed by atoms with Gasteiger partial charge in [-0.1, -0.05) is 11.6 Å². The molecule has 0 spiro atoms. The molecule has 2 rings (SSSR count). The van der Waals surface area contributed by atoms with Gasteiger partial charge in [0.25, 0.3) is 0 Å². The predicted octanol–water partition coefficient (Wildman–Crippen LogP) is 2.40. The van der Waals surface area contributed by atoms with Crippen molar-refractivity contribution in [1.82, 2.24) is 0 Å². The number of hydrogen-bond acceptors (Lipinski definition) is 3. The van der Waals surface area contributed by atoms with Gasteiger partial charge in [0, 0.05) is 12.3 Å². The van der Waals surface area contributed by atoms with Crippen molar-refractivity contribution in [2.45, 2.75) is 19.4 Å². The molecule has 0 aromatic heterocycles. The number of ether oxygens (including phenoxy) is 1. The second-order valence-corrected chi connectivity index (χ2v) is 4.87. The molecule has 2 unspecified atom stereocenters. The molecule has 1 aromatic rings. The molecule has 0 aliphatic carbocycles. The van der Waals surface area contributed by atoms with E-state index in [1.165, 1.54) is 12.1 Å². The third kappa shape index (κ3) is 3.05. The molecule has 1 heterocycles. The number of carbonyl (C=O) groups excluding carboxylic acids is 1. The fourth-order valence-corrected chi connectivity index (χ4v) is 2.28. The molecule has 2 N–H and O–H groups in total. The number of carboxylic acids is 1. The first kappa shape index (κ1) is 13.8. The van der Waals surface area contributed by atoms with Crippen LogP contribution in [0.4, 0.5) is 5.69 Å². The number of anilines is 1. The number of hydrogen-bond donors (Lipinski definition) is 2. The highest BCUT2D eigenvalue weighted by Crippen LogP contribution is 2.24. The minimum atomic E-state index is -1.13. The van der Waals surface area contributed by atoms with Crippen LogP contribution >= 0.6 is 11.6 Å². The molecule has 0 radical (unpaired) electrons. The van der Waals surface area contributed by atoms with Gasteiger partial charge < -0.3 is 15.2 Å². The van der Waals surface area contributed by atoms with Crippen molar-refractivity contribution < 1.29 is 19.4 Å². The molecule has 1 fully saturated rings. The largest absolute Gasteiger partial charge is 0.478 e. The highest BCUT2D eigenvalue weighted by Gasteiger charge is 2.30. The lowest BCUT2D eigenvalue weighted by atomic mass is 10.0. The number of carboxylic acid groups (broad SMARTS) is 1. The van der Waals surface area contributed by atoms with Gasteiger partial charge in [-0.3, -0.25) is 4.79 Å². The number of nitrogens with one attached hydrogen (secondary N) is 1. The third-order valence-corrected chi connectivity index (χ3v) is 3.51. The van der Waals surface area contributed by atoms with E-state index in [2.05, 4.69) is 5.32 Å². The summed E-state index contributed by atoms with van der Waals surface area (Å²) in [5.41, 5.74) is 0.390. The van der Waals surface area contributed by atoms with E-state index in [0.29, 0.717) is 18.7 Å². The smallest absolute Gasteiger partial charge is 0.337 e. The lowest BCUT2D eigenvalue weighted by Crippen LogP contribution is -2.27. The molecule has 1 aromatic carbocycles. The topological polar surface area (TPSA) is 75.6 Å². The van der Waals surface area contributed by atoms with Crippen molar-refractivity contribution in [3.63, 3.8) is 0 Å². The van der Waals surface area contributed by atoms with Gasteiger partial charge in [-0.25, -0.2) is 4.79 Å². The average Bonchev–Trinajstić information content (AvgIpc) is 2.77. The molecule has 2 atom stereocenters. The Morgan fingerprint density at radius 2 is 2.21 bits per heavy atom. The number of rotatable bonds is 3. The molecule has 0 saturated carbocycles. The van der Waals surface area contributed by atoms with Gasteiger partial charge in [0.15, 0.2) is 0 Å². The second kappa shape index (κ2) is 5.59. The van der Waals surface area contributed by atoms with E-state index in [1.54, 1.807) is 6.07 Å². The fraction of sp³-hybridized carbons (Fsp3) is 0.385. The van der Waals surface area contributed by atoms with Crippen LogP contribution in [0.1, 0.15) is 23.7 Å². The van der Waals surface area contributed by atoms with E-state index < -0.39 is 5.97 Å². The van der Waals surface area contributed by atoms with Crippen LogP contribution in [0.25, 0.3) is 0 Å². The molecular weight excluding hydrogens is 270 g/mol.